The second-order valence-electron chi connectivity index (χ2n) is 4.95. The van der Waals surface area contributed by atoms with Crippen LogP contribution < -0.4 is 4.74 Å². The SMILES string of the molecule is CCOC(=O)c1n[nH]c(CS(=O)(=O)c2ccc3c(c2)CCO3)n1. The summed E-state index contributed by atoms with van der Waals surface area (Å²) in [5.74, 6) is -0.446. The molecule has 1 aliphatic rings. The molecule has 9 heteroatoms. The molecule has 122 valence electrons. The summed E-state index contributed by atoms with van der Waals surface area (Å²) in [4.78, 5) is 15.5. The van der Waals surface area contributed by atoms with Gasteiger partial charge in [-0.05, 0) is 30.7 Å². The van der Waals surface area contributed by atoms with Gasteiger partial charge in [0.1, 0.15) is 17.3 Å². The number of hydrogen-bond donors (Lipinski definition) is 1. The zero-order valence-corrected chi connectivity index (χ0v) is 13.2. The van der Waals surface area contributed by atoms with Gasteiger partial charge in [0.2, 0.25) is 0 Å². The van der Waals surface area contributed by atoms with Gasteiger partial charge in [0, 0.05) is 6.42 Å². The van der Waals surface area contributed by atoms with Gasteiger partial charge >= 0.3 is 5.97 Å². The summed E-state index contributed by atoms with van der Waals surface area (Å²) in [6.45, 7) is 2.41. The van der Waals surface area contributed by atoms with Crippen LogP contribution in [-0.4, -0.2) is 42.8 Å². The van der Waals surface area contributed by atoms with Crippen LogP contribution in [0.5, 0.6) is 5.75 Å². The molecule has 1 aromatic carbocycles. The maximum absolute atomic E-state index is 12.5. The average molecular weight is 337 g/mol. The Hall–Kier alpha value is -2.42. The Morgan fingerprint density at radius 2 is 2.26 bits per heavy atom. The molecule has 2 aromatic rings. The second kappa shape index (κ2) is 5.99. The monoisotopic (exact) mass is 337 g/mol. The van der Waals surface area contributed by atoms with Gasteiger partial charge in [0.05, 0.1) is 18.1 Å². The number of sulfone groups is 1. The van der Waals surface area contributed by atoms with E-state index in [0.29, 0.717) is 18.8 Å². The number of carbonyl (C=O) groups is 1. The minimum Gasteiger partial charge on any atom is -0.493 e. The largest absolute Gasteiger partial charge is 0.493 e. The van der Waals surface area contributed by atoms with Crippen LogP contribution >= 0.6 is 0 Å². The molecule has 0 radical (unpaired) electrons. The Morgan fingerprint density at radius 1 is 1.43 bits per heavy atom. The first-order valence-electron chi connectivity index (χ1n) is 7.06. The van der Waals surface area contributed by atoms with Gasteiger partial charge in [0.25, 0.3) is 5.82 Å². The molecule has 0 bridgehead atoms. The maximum atomic E-state index is 12.5. The number of nitrogens with zero attached hydrogens (tertiary/aromatic N) is 2. The first kappa shape index (κ1) is 15.5. The summed E-state index contributed by atoms with van der Waals surface area (Å²) in [5.41, 5.74) is 0.871. The molecule has 0 aliphatic carbocycles. The number of hydrogen-bond acceptors (Lipinski definition) is 7. The van der Waals surface area contributed by atoms with Crippen molar-refractivity contribution in [2.75, 3.05) is 13.2 Å². The Balaban J connectivity index is 1.80. The molecule has 0 saturated carbocycles. The van der Waals surface area contributed by atoms with E-state index in [2.05, 4.69) is 15.2 Å². The first-order valence-corrected chi connectivity index (χ1v) is 8.71. The summed E-state index contributed by atoms with van der Waals surface area (Å²) in [5, 5.41) is 6.13. The number of nitrogens with one attached hydrogen (secondary N) is 1. The topological polar surface area (TPSA) is 111 Å². The molecule has 23 heavy (non-hydrogen) atoms. The highest BCUT2D eigenvalue weighted by Crippen LogP contribution is 2.28. The predicted octanol–water partition coefficient (Wildman–Crippen LogP) is 0.890. The van der Waals surface area contributed by atoms with Crippen LogP contribution in [0.1, 0.15) is 28.9 Å². The molecule has 0 spiro atoms. The first-order chi connectivity index (χ1) is 11.0. The van der Waals surface area contributed by atoms with Gasteiger partial charge in [-0.15, -0.1) is 5.10 Å². The van der Waals surface area contributed by atoms with Crippen LogP contribution in [0, 0.1) is 0 Å². The number of carbonyl (C=O) groups excluding carboxylic acids is 1. The van der Waals surface area contributed by atoms with Gasteiger partial charge < -0.3 is 9.47 Å². The summed E-state index contributed by atoms with van der Waals surface area (Å²) in [6.07, 6.45) is 0.688. The van der Waals surface area contributed by atoms with Crippen molar-refractivity contribution in [3.05, 3.63) is 35.4 Å². The Bertz CT molecular complexity index is 844. The van der Waals surface area contributed by atoms with E-state index >= 15 is 0 Å². The van der Waals surface area contributed by atoms with E-state index in [1.54, 1.807) is 19.1 Å². The van der Waals surface area contributed by atoms with Crippen LogP contribution in [-0.2, 0) is 26.7 Å². The van der Waals surface area contributed by atoms with Crippen LogP contribution in [0.4, 0.5) is 0 Å². The minimum atomic E-state index is -3.60. The lowest BCUT2D eigenvalue weighted by atomic mass is 10.2. The fraction of sp³-hybridized carbons (Fsp3) is 0.357. The van der Waals surface area contributed by atoms with Crippen molar-refractivity contribution in [3.8, 4) is 5.75 Å². The Kier molecular flexibility index (Phi) is 4.03. The van der Waals surface area contributed by atoms with Crippen molar-refractivity contribution in [1.82, 2.24) is 15.2 Å². The smallest absolute Gasteiger partial charge is 0.378 e. The van der Waals surface area contributed by atoms with E-state index in [1.165, 1.54) is 6.07 Å². The standard InChI is InChI=1S/C14H15N3O5S/c1-2-21-14(18)13-15-12(16-17-13)8-23(19,20)10-3-4-11-9(7-10)5-6-22-11/h3-4,7H,2,5-6,8H2,1H3,(H,15,16,17). The lowest BCUT2D eigenvalue weighted by molar-refractivity contribution is 0.0512. The predicted molar refractivity (Wildman–Crippen MR) is 78.9 cm³/mol. The van der Waals surface area contributed by atoms with Crippen molar-refractivity contribution in [3.63, 3.8) is 0 Å². The summed E-state index contributed by atoms with van der Waals surface area (Å²) in [7, 11) is -3.60. The number of rotatable bonds is 5. The van der Waals surface area contributed by atoms with Crippen LogP contribution in [0.25, 0.3) is 0 Å². The van der Waals surface area contributed by atoms with E-state index in [-0.39, 0.29) is 28.9 Å². The van der Waals surface area contributed by atoms with Crippen molar-refractivity contribution < 1.29 is 22.7 Å². The fourth-order valence-electron chi connectivity index (χ4n) is 2.27. The number of ether oxygens (including phenoxy) is 2. The molecule has 2 heterocycles. The van der Waals surface area contributed by atoms with E-state index in [4.69, 9.17) is 9.47 Å². The molecule has 0 atom stereocenters. The molecule has 0 unspecified atom stereocenters. The lowest BCUT2D eigenvalue weighted by Gasteiger charge is -2.04. The fourth-order valence-corrected chi connectivity index (χ4v) is 3.52. The molecule has 0 fully saturated rings. The minimum absolute atomic E-state index is 0.0878. The summed E-state index contributed by atoms with van der Waals surface area (Å²) >= 11 is 0. The normalized spacial score (nSPS) is 13.4. The quantitative estimate of drug-likeness (QED) is 0.806. The molecule has 0 saturated heterocycles. The highest BCUT2D eigenvalue weighted by Gasteiger charge is 2.22. The molecular formula is C14H15N3O5S. The van der Waals surface area contributed by atoms with Crippen molar-refractivity contribution in [2.45, 2.75) is 24.0 Å². The van der Waals surface area contributed by atoms with Crippen molar-refractivity contribution >= 4 is 15.8 Å². The van der Waals surface area contributed by atoms with Gasteiger partial charge in [-0.1, -0.05) is 0 Å². The lowest BCUT2D eigenvalue weighted by Crippen LogP contribution is -2.08. The van der Waals surface area contributed by atoms with Crippen LogP contribution in [0.2, 0.25) is 0 Å². The number of benzene rings is 1. The highest BCUT2D eigenvalue weighted by molar-refractivity contribution is 7.90. The number of fused-ring (bicyclic) bond motifs is 1. The van der Waals surface area contributed by atoms with Gasteiger partial charge in [-0.25, -0.2) is 18.2 Å². The molecule has 1 aliphatic heterocycles. The van der Waals surface area contributed by atoms with Gasteiger partial charge in [0.15, 0.2) is 9.84 Å². The Labute approximate surface area is 132 Å². The third-order valence-corrected chi connectivity index (χ3v) is 4.96. The second-order valence-corrected chi connectivity index (χ2v) is 6.94. The highest BCUT2D eigenvalue weighted by atomic mass is 32.2. The summed E-state index contributed by atoms with van der Waals surface area (Å²) in [6, 6.07) is 4.77. The van der Waals surface area contributed by atoms with E-state index in [1.807, 2.05) is 0 Å². The van der Waals surface area contributed by atoms with Gasteiger partial charge in [-0.3, -0.25) is 5.10 Å². The van der Waals surface area contributed by atoms with E-state index in [0.717, 1.165) is 5.56 Å². The zero-order valence-electron chi connectivity index (χ0n) is 12.4. The van der Waals surface area contributed by atoms with Gasteiger partial charge in [-0.2, -0.15) is 0 Å². The number of esters is 1. The number of H-pyrrole nitrogens is 1. The molecular weight excluding hydrogens is 322 g/mol. The molecule has 0 amide bonds. The molecule has 1 aromatic heterocycles. The van der Waals surface area contributed by atoms with Crippen LogP contribution in [0.3, 0.4) is 0 Å². The zero-order chi connectivity index (χ0) is 16.4. The van der Waals surface area contributed by atoms with E-state index < -0.39 is 15.8 Å². The third-order valence-electron chi connectivity index (χ3n) is 3.34. The number of aromatic amines is 1. The van der Waals surface area contributed by atoms with Crippen molar-refractivity contribution in [2.24, 2.45) is 0 Å². The van der Waals surface area contributed by atoms with Crippen LogP contribution in [0.15, 0.2) is 23.1 Å². The number of aromatic nitrogens is 3. The van der Waals surface area contributed by atoms with E-state index in [9.17, 15) is 13.2 Å². The molecule has 1 N–H and O–H groups in total. The maximum Gasteiger partial charge on any atom is 0.378 e. The summed E-state index contributed by atoms with van der Waals surface area (Å²) < 4.78 is 35.0. The third kappa shape index (κ3) is 3.19. The molecule has 3 rings (SSSR count). The molecule has 8 nitrogen and oxygen atoms in total. The Morgan fingerprint density at radius 3 is 3.04 bits per heavy atom. The van der Waals surface area contributed by atoms with Crippen molar-refractivity contribution in [1.29, 1.82) is 0 Å². The average Bonchev–Trinajstić information content (AvgIpc) is 3.15.